The second-order valence-corrected chi connectivity index (χ2v) is 7.26. The molecule has 26 heavy (non-hydrogen) atoms. The summed E-state index contributed by atoms with van der Waals surface area (Å²) in [7, 11) is 3.38. The SMILES string of the molecule is COc1cc(Br)c([C@H](C2CCOCC2)N2CCNCC2)cc1OC.Cl.Cl. The van der Waals surface area contributed by atoms with Crippen molar-refractivity contribution in [1.82, 2.24) is 10.2 Å². The van der Waals surface area contributed by atoms with E-state index in [1.165, 1.54) is 5.56 Å². The van der Waals surface area contributed by atoms with Crippen molar-refractivity contribution < 1.29 is 14.2 Å². The average molecular weight is 472 g/mol. The lowest BCUT2D eigenvalue weighted by Crippen LogP contribution is -2.47. The molecule has 0 aromatic heterocycles. The lowest BCUT2D eigenvalue weighted by Gasteiger charge is -2.41. The highest BCUT2D eigenvalue weighted by atomic mass is 79.9. The molecule has 2 heterocycles. The first-order chi connectivity index (χ1) is 11.7. The van der Waals surface area contributed by atoms with Gasteiger partial charge in [0, 0.05) is 49.9 Å². The van der Waals surface area contributed by atoms with Crippen molar-refractivity contribution in [2.45, 2.75) is 18.9 Å². The van der Waals surface area contributed by atoms with Crippen LogP contribution >= 0.6 is 40.7 Å². The number of rotatable bonds is 5. The number of benzene rings is 1. The molecular weight excluding hydrogens is 443 g/mol. The first kappa shape index (κ1) is 23.8. The summed E-state index contributed by atoms with van der Waals surface area (Å²) < 4.78 is 17.7. The van der Waals surface area contributed by atoms with E-state index in [-0.39, 0.29) is 24.8 Å². The summed E-state index contributed by atoms with van der Waals surface area (Å²) in [6.45, 7) is 5.96. The molecule has 3 rings (SSSR count). The lowest BCUT2D eigenvalue weighted by molar-refractivity contribution is 0.0210. The Labute approximate surface area is 177 Å². The second kappa shape index (κ2) is 11.6. The van der Waals surface area contributed by atoms with Crippen LogP contribution < -0.4 is 14.8 Å². The minimum Gasteiger partial charge on any atom is -0.493 e. The standard InChI is InChI=1S/C18H27BrN2O3.2ClH/c1-22-16-11-14(15(19)12-17(16)23-2)18(13-3-9-24-10-4-13)21-7-5-20-6-8-21;;/h11-13,18,20H,3-10H2,1-2H3;2*1H/t18-;;/m0../s1. The third kappa shape index (κ3) is 5.40. The van der Waals surface area contributed by atoms with Crippen LogP contribution in [-0.4, -0.2) is 58.5 Å². The molecule has 0 saturated carbocycles. The summed E-state index contributed by atoms with van der Waals surface area (Å²) in [5, 5.41) is 3.46. The summed E-state index contributed by atoms with van der Waals surface area (Å²) in [6.07, 6.45) is 2.21. The van der Waals surface area contributed by atoms with Gasteiger partial charge in [0.25, 0.3) is 0 Å². The van der Waals surface area contributed by atoms with Crippen LogP contribution in [0.4, 0.5) is 0 Å². The summed E-state index contributed by atoms with van der Waals surface area (Å²) in [4.78, 5) is 2.61. The predicted molar refractivity (Wildman–Crippen MR) is 112 cm³/mol. The van der Waals surface area contributed by atoms with E-state index < -0.39 is 0 Å². The van der Waals surface area contributed by atoms with Crippen molar-refractivity contribution >= 4 is 40.7 Å². The maximum atomic E-state index is 5.60. The predicted octanol–water partition coefficient (Wildman–Crippen LogP) is 3.68. The highest BCUT2D eigenvalue weighted by Gasteiger charge is 2.33. The van der Waals surface area contributed by atoms with Crippen LogP contribution in [0, 0.1) is 5.92 Å². The van der Waals surface area contributed by atoms with Gasteiger partial charge in [-0.1, -0.05) is 15.9 Å². The Bertz CT molecular complexity index is 535. The second-order valence-electron chi connectivity index (χ2n) is 6.41. The van der Waals surface area contributed by atoms with Crippen LogP contribution in [0.1, 0.15) is 24.4 Å². The molecule has 8 heteroatoms. The molecule has 0 radical (unpaired) electrons. The molecule has 2 aliphatic heterocycles. The molecule has 1 N–H and O–H groups in total. The van der Waals surface area contributed by atoms with Gasteiger partial charge in [0.1, 0.15) is 0 Å². The molecule has 150 valence electrons. The van der Waals surface area contributed by atoms with Crippen molar-refractivity contribution in [3.8, 4) is 11.5 Å². The number of hydrogen-bond acceptors (Lipinski definition) is 5. The van der Waals surface area contributed by atoms with Gasteiger partial charge in [-0.25, -0.2) is 0 Å². The minimum atomic E-state index is 0. The maximum Gasteiger partial charge on any atom is 0.161 e. The largest absolute Gasteiger partial charge is 0.493 e. The molecule has 5 nitrogen and oxygen atoms in total. The number of hydrogen-bond donors (Lipinski definition) is 1. The van der Waals surface area contributed by atoms with E-state index in [0.717, 1.165) is 68.2 Å². The Morgan fingerprint density at radius 1 is 1.08 bits per heavy atom. The molecule has 1 aromatic rings. The quantitative estimate of drug-likeness (QED) is 0.709. The zero-order valence-corrected chi connectivity index (χ0v) is 18.6. The number of halogens is 3. The maximum absolute atomic E-state index is 5.60. The van der Waals surface area contributed by atoms with Crippen molar-refractivity contribution in [2.24, 2.45) is 5.92 Å². The Hall–Kier alpha value is -0.240. The van der Waals surface area contributed by atoms with E-state index in [2.05, 4.69) is 32.2 Å². The summed E-state index contributed by atoms with van der Waals surface area (Å²) in [5.74, 6) is 2.16. The molecule has 0 bridgehead atoms. The monoisotopic (exact) mass is 470 g/mol. The number of methoxy groups -OCH3 is 2. The van der Waals surface area contributed by atoms with E-state index in [1.807, 2.05) is 6.07 Å². The van der Waals surface area contributed by atoms with Gasteiger partial charge in [-0.2, -0.15) is 0 Å². The third-order valence-corrected chi connectivity index (χ3v) is 5.77. The number of piperazine rings is 1. The molecule has 0 aliphatic carbocycles. The summed E-state index contributed by atoms with van der Waals surface area (Å²) >= 11 is 3.78. The first-order valence-corrected chi connectivity index (χ1v) is 9.48. The molecule has 0 spiro atoms. The van der Waals surface area contributed by atoms with Crippen molar-refractivity contribution in [3.63, 3.8) is 0 Å². The average Bonchev–Trinajstić information content (AvgIpc) is 2.64. The molecule has 2 saturated heterocycles. The number of nitrogens with zero attached hydrogens (tertiary/aromatic N) is 1. The fourth-order valence-electron chi connectivity index (χ4n) is 3.84. The Balaban J connectivity index is 0.00000169. The van der Waals surface area contributed by atoms with E-state index in [1.54, 1.807) is 14.2 Å². The van der Waals surface area contributed by atoms with Crippen LogP contribution in [-0.2, 0) is 4.74 Å². The van der Waals surface area contributed by atoms with E-state index in [4.69, 9.17) is 14.2 Å². The lowest BCUT2D eigenvalue weighted by atomic mass is 9.85. The fraction of sp³-hybridized carbons (Fsp3) is 0.667. The Morgan fingerprint density at radius 3 is 2.23 bits per heavy atom. The van der Waals surface area contributed by atoms with Crippen molar-refractivity contribution in [2.75, 3.05) is 53.6 Å². The molecule has 0 amide bonds. The molecular formula is C18H29BrCl2N2O3. The van der Waals surface area contributed by atoms with Crippen molar-refractivity contribution in [3.05, 3.63) is 22.2 Å². The zero-order chi connectivity index (χ0) is 16.9. The summed E-state index contributed by atoms with van der Waals surface area (Å²) in [5.41, 5.74) is 1.29. The highest BCUT2D eigenvalue weighted by molar-refractivity contribution is 9.10. The van der Waals surface area contributed by atoms with E-state index >= 15 is 0 Å². The van der Waals surface area contributed by atoms with Gasteiger partial charge >= 0.3 is 0 Å². The number of nitrogens with one attached hydrogen (secondary N) is 1. The highest BCUT2D eigenvalue weighted by Crippen LogP contribution is 2.43. The van der Waals surface area contributed by atoms with Gasteiger partial charge in [0.2, 0.25) is 0 Å². The first-order valence-electron chi connectivity index (χ1n) is 8.68. The topological polar surface area (TPSA) is 43.0 Å². The van der Waals surface area contributed by atoms with Crippen molar-refractivity contribution in [1.29, 1.82) is 0 Å². The Kier molecular flexibility index (Phi) is 10.6. The van der Waals surface area contributed by atoms with Crippen LogP contribution in [0.5, 0.6) is 11.5 Å². The van der Waals surface area contributed by atoms with Gasteiger partial charge in [0.05, 0.1) is 14.2 Å². The van der Waals surface area contributed by atoms with Gasteiger partial charge in [-0.3, -0.25) is 4.90 Å². The van der Waals surface area contributed by atoms with Gasteiger partial charge in [-0.15, -0.1) is 24.8 Å². The van der Waals surface area contributed by atoms with E-state index in [0.29, 0.717) is 12.0 Å². The smallest absolute Gasteiger partial charge is 0.161 e. The molecule has 2 aliphatic rings. The van der Waals surface area contributed by atoms with Gasteiger partial charge in [-0.05, 0) is 36.5 Å². The van der Waals surface area contributed by atoms with Crippen LogP contribution in [0.2, 0.25) is 0 Å². The van der Waals surface area contributed by atoms with Gasteiger partial charge in [0.15, 0.2) is 11.5 Å². The molecule has 1 atom stereocenters. The van der Waals surface area contributed by atoms with Crippen LogP contribution in [0.3, 0.4) is 0 Å². The van der Waals surface area contributed by atoms with Crippen LogP contribution in [0.25, 0.3) is 0 Å². The molecule has 2 fully saturated rings. The van der Waals surface area contributed by atoms with E-state index in [9.17, 15) is 0 Å². The number of ether oxygens (including phenoxy) is 3. The normalized spacial score (nSPS) is 19.8. The summed E-state index contributed by atoms with van der Waals surface area (Å²) in [6, 6.07) is 4.55. The van der Waals surface area contributed by atoms with Gasteiger partial charge < -0.3 is 19.5 Å². The molecule has 0 unspecified atom stereocenters. The fourth-order valence-corrected chi connectivity index (χ4v) is 4.39. The minimum absolute atomic E-state index is 0. The third-order valence-electron chi connectivity index (χ3n) is 5.08. The molecule has 1 aromatic carbocycles. The Morgan fingerprint density at radius 2 is 1.65 bits per heavy atom. The van der Waals surface area contributed by atoms with Crippen LogP contribution in [0.15, 0.2) is 16.6 Å². The zero-order valence-electron chi connectivity index (χ0n) is 15.3.